The quantitative estimate of drug-likeness (QED) is 0.744. The van der Waals surface area contributed by atoms with Gasteiger partial charge in [-0.3, -0.25) is 0 Å². The van der Waals surface area contributed by atoms with Crippen LogP contribution in [0.2, 0.25) is 0 Å². The van der Waals surface area contributed by atoms with Gasteiger partial charge < -0.3 is 10.8 Å². The zero-order chi connectivity index (χ0) is 8.43. The number of halogens is 2. The maximum absolute atomic E-state index is 10.5. The van der Waals surface area contributed by atoms with Gasteiger partial charge in [0.05, 0.1) is 5.57 Å². The highest BCUT2D eigenvalue weighted by Gasteiger charge is 2.16. The van der Waals surface area contributed by atoms with Crippen molar-refractivity contribution in [1.82, 2.24) is 0 Å². The summed E-state index contributed by atoms with van der Waals surface area (Å²) in [6.45, 7) is 0. The smallest absolute Gasteiger partial charge is 0.336 e. The van der Waals surface area contributed by atoms with Crippen LogP contribution in [-0.2, 0) is 4.79 Å². The van der Waals surface area contributed by atoms with Gasteiger partial charge in [-0.1, -0.05) is 28.1 Å². The molecule has 1 atom stereocenters. The van der Waals surface area contributed by atoms with Crippen molar-refractivity contribution in [3.8, 4) is 0 Å². The number of carbonyl (C=O) groups is 1. The summed E-state index contributed by atoms with van der Waals surface area (Å²) in [5.41, 5.74) is 5.77. The second-order valence-electron chi connectivity index (χ2n) is 2.34. The lowest BCUT2D eigenvalue weighted by atomic mass is 10.0. The first-order chi connectivity index (χ1) is 5.11. The molecule has 0 saturated heterocycles. The van der Waals surface area contributed by atoms with E-state index in [0.717, 1.165) is 0 Å². The molecule has 0 spiro atoms. The van der Waals surface area contributed by atoms with E-state index >= 15 is 0 Å². The van der Waals surface area contributed by atoms with Crippen molar-refractivity contribution >= 4 is 34.3 Å². The Hall–Kier alpha value is -0.320. The van der Waals surface area contributed by atoms with Crippen LogP contribution in [-0.4, -0.2) is 17.1 Å². The van der Waals surface area contributed by atoms with Crippen molar-refractivity contribution in [2.75, 3.05) is 0 Å². The van der Waals surface area contributed by atoms with Gasteiger partial charge in [-0.25, -0.2) is 4.79 Å². The van der Waals surface area contributed by atoms with Crippen LogP contribution < -0.4 is 5.73 Å². The Morgan fingerprint density at radius 2 is 2.33 bits per heavy atom. The van der Waals surface area contributed by atoms with Gasteiger partial charge >= 0.3 is 5.97 Å². The van der Waals surface area contributed by atoms with E-state index in [9.17, 15) is 4.79 Å². The summed E-state index contributed by atoms with van der Waals surface area (Å²) < 4.78 is 0.617. The van der Waals surface area contributed by atoms with E-state index in [1.54, 1.807) is 12.2 Å². The third-order valence-corrected chi connectivity index (χ3v) is 2.19. The van der Waals surface area contributed by atoms with Crippen LogP contribution in [0.1, 0.15) is 6.42 Å². The second-order valence-corrected chi connectivity index (χ2v) is 3.19. The second kappa shape index (κ2) is 4.64. The first kappa shape index (κ1) is 11.7. The van der Waals surface area contributed by atoms with Crippen LogP contribution in [0.5, 0.6) is 0 Å². The lowest BCUT2D eigenvalue weighted by molar-refractivity contribution is -0.132. The number of hydrogen-bond donors (Lipinski definition) is 2. The Morgan fingerprint density at radius 3 is 2.75 bits per heavy atom. The minimum atomic E-state index is -0.941. The van der Waals surface area contributed by atoms with Crippen molar-refractivity contribution in [2.45, 2.75) is 12.5 Å². The molecule has 0 bridgehead atoms. The molecule has 5 heteroatoms. The predicted octanol–water partition coefficient (Wildman–Crippen LogP) is 1.43. The van der Waals surface area contributed by atoms with Crippen LogP contribution in [0, 0.1) is 0 Å². The summed E-state index contributed by atoms with van der Waals surface area (Å²) in [6.07, 6.45) is 4.01. The summed E-state index contributed by atoms with van der Waals surface area (Å²) in [5.74, 6) is -0.941. The van der Waals surface area contributed by atoms with E-state index < -0.39 is 5.97 Å². The number of aliphatic carboxylic acids is 1. The SMILES string of the molecule is Cl.NC1C=C(C(=O)O)C(Br)=CC1. The van der Waals surface area contributed by atoms with E-state index in [1.165, 1.54) is 0 Å². The highest BCUT2D eigenvalue weighted by molar-refractivity contribution is 9.12. The van der Waals surface area contributed by atoms with E-state index in [0.29, 0.717) is 10.9 Å². The molecule has 0 aliphatic heterocycles. The topological polar surface area (TPSA) is 63.3 Å². The van der Waals surface area contributed by atoms with Gasteiger partial charge in [0.25, 0.3) is 0 Å². The number of carboxylic acids is 1. The predicted molar refractivity (Wildman–Crippen MR) is 52.6 cm³/mol. The average Bonchev–Trinajstić information content (AvgIpc) is 1.94. The summed E-state index contributed by atoms with van der Waals surface area (Å²) >= 11 is 3.14. The van der Waals surface area contributed by atoms with E-state index in [4.69, 9.17) is 10.8 Å². The van der Waals surface area contributed by atoms with Crippen molar-refractivity contribution in [3.63, 3.8) is 0 Å². The molecule has 0 saturated carbocycles. The van der Waals surface area contributed by atoms with E-state index in [-0.39, 0.29) is 24.0 Å². The average molecular weight is 255 g/mol. The largest absolute Gasteiger partial charge is 0.478 e. The van der Waals surface area contributed by atoms with Crippen LogP contribution in [0.4, 0.5) is 0 Å². The monoisotopic (exact) mass is 253 g/mol. The van der Waals surface area contributed by atoms with Gasteiger partial charge in [0, 0.05) is 10.5 Å². The van der Waals surface area contributed by atoms with E-state index in [2.05, 4.69) is 15.9 Å². The molecule has 12 heavy (non-hydrogen) atoms. The van der Waals surface area contributed by atoms with Gasteiger partial charge in [0.15, 0.2) is 0 Å². The highest BCUT2D eigenvalue weighted by atomic mass is 79.9. The van der Waals surface area contributed by atoms with Crippen LogP contribution in [0.3, 0.4) is 0 Å². The van der Waals surface area contributed by atoms with Gasteiger partial charge in [0.2, 0.25) is 0 Å². The van der Waals surface area contributed by atoms with Crippen molar-refractivity contribution in [2.24, 2.45) is 5.73 Å². The van der Waals surface area contributed by atoms with Crippen LogP contribution >= 0.6 is 28.3 Å². The summed E-state index contributed by atoms with van der Waals surface area (Å²) in [7, 11) is 0. The molecule has 1 aliphatic carbocycles. The number of carboxylic acid groups (broad SMARTS) is 1. The minimum absolute atomic E-state index is 0. The fourth-order valence-electron chi connectivity index (χ4n) is 0.885. The standard InChI is InChI=1S/C7H8BrNO2.ClH/c8-6-2-1-4(9)3-5(6)7(10)11;/h2-4H,1,9H2,(H,10,11);1H. The van der Waals surface area contributed by atoms with Gasteiger partial charge in [0.1, 0.15) is 0 Å². The summed E-state index contributed by atoms with van der Waals surface area (Å²) in [4.78, 5) is 10.5. The Labute approximate surface area is 84.9 Å². The maximum atomic E-state index is 10.5. The van der Waals surface area contributed by atoms with Crippen LogP contribution in [0.15, 0.2) is 22.2 Å². The Bertz CT molecular complexity index is 250. The van der Waals surface area contributed by atoms with E-state index in [1.807, 2.05) is 0 Å². The number of nitrogens with two attached hydrogens (primary N) is 1. The first-order valence-electron chi connectivity index (χ1n) is 3.18. The molecule has 0 radical (unpaired) electrons. The summed E-state index contributed by atoms with van der Waals surface area (Å²) in [5, 5.41) is 8.63. The fourth-order valence-corrected chi connectivity index (χ4v) is 1.37. The molecule has 0 heterocycles. The summed E-state index contributed by atoms with van der Waals surface area (Å²) in [6, 6.07) is -0.164. The molecule has 1 unspecified atom stereocenters. The van der Waals surface area contributed by atoms with Crippen molar-refractivity contribution in [3.05, 3.63) is 22.2 Å². The molecule has 0 aromatic carbocycles. The molecule has 3 nitrogen and oxygen atoms in total. The van der Waals surface area contributed by atoms with Gasteiger partial charge in [-0.15, -0.1) is 12.4 Å². The molecule has 1 rings (SSSR count). The van der Waals surface area contributed by atoms with Crippen molar-refractivity contribution in [1.29, 1.82) is 0 Å². The Kier molecular flexibility index (Phi) is 4.52. The lowest BCUT2D eigenvalue weighted by Gasteiger charge is -2.11. The molecule has 0 aromatic heterocycles. The molecule has 68 valence electrons. The lowest BCUT2D eigenvalue weighted by Crippen LogP contribution is -2.21. The van der Waals surface area contributed by atoms with Crippen molar-refractivity contribution < 1.29 is 9.90 Å². The zero-order valence-electron chi connectivity index (χ0n) is 6.16. The third kappa shape index (κ3) is 2.62. The fraction of sp³-hybridized carbons (Fsp3) is 0.286. The Balaban J connectivity index is 0.00000121. The first-order valence-corrected chi connectivity index (χ1v) is 3.97. The third-order valence-electron chi connectivity index (χ3n) is 1.44. The molecule has 0 amide bonds. The highest BCUT2D eigenvalue weighted by Crippen LogP contribution is 2.23. The van der Waals surface area contributed by atoms with Gasteiger partial charge in [-0.05, 0) is 6.42 Å². The maximum Gasteiger partial charge on any atom is 0.336 e. The molecular formula is C7H9BrClNO2. The molecule has 3 N–H and O–H groups in total. The molecule has 0 fully saturated rings. The number of rotatable bonds is 1. The van der Waals surface area contributed by atoms with Crippen LogP contribution in [0.25, 0.3) is 0 Å². The minimum Gasteiger partial charge on any atom is -0.478 e. The molecular weight excluding hydrogens is 245 g/mol. The van der Waals surface area contributed by atoms with Gasteiger partial charge in [-0.2, -0.15) is 0 Å². The zero-order valence-corrected chi connectivity index (χ0v) is 8.56. The molecule has 1 aliphatic rings. The molecule has 0 aromatic rings. The Morgan fingerprint density at radius 1 is 1.75 bits per heavy atom. The normalized spacial score (nSPS) is 22.0. The number of hydrogen-bond acceptors (Lipinski definition) is 2.